The maximum atomic E-state index is 10.3. The molecular weight excluding hydrogens is 156 g/mol. The van der Waals surface area contributed by atoms with Crippen molar-refractivity contribution in [1.29, 1.82) is 0 Å². The zero-order chi connectivity index (χ0) is 8.53. The second kappa shape index (κ2) is 6.81. The van der Waals surface area contributed by atoms with Crippen LogP contribution in [0.5, 0.6) is 0 Å². The van der Waals surface area contributed by atoms with Crippen molar-refractivity contribution in [2.45, 2.75) is 13.8 Å². The van der Waals surface area contributed by atoms with Crippen molar-refractivity contribution in [3.63, 3.8) is 0 Å². The Balaban J connectivity index is 3.81. The van der Waals surface area contributed by atoms with Gasteiger partial charge in [-0.3, -0.25) is 4.79 Å². The molecule has 11 heavy (non-hydrogen) atoms. The SMILES string of the molecule is CC#CC#CC#CSC(C)=O. The third kappa shape index (κ3) is 8.70. The monoisotopic (exact) mass is 162 g/mol. The average molecular weight is 162 g/mol. The Morgan fingerprint density at radius 2 is 1.82 bits per heavy atom. The van der Waals surface area contributed by atoms with E-state index in [-0.39, 0.29) is 5.12 Å². The molecule has 54 valence electrons. The highest BCUT2D eigenvalue weighted by Gasteiger charge is 1.83. The number of hydrogen-bond acceptors (Lipinski definition) is 2. The molecule has 0 radical (unpaired) electrons. The van der Waals surface area contributed by atoms with E-state index in [0.717, 1.165) is 11.8 Å². The first kappa shape index (κ1) is 9.70. The molecule has 0 fully saturated rings. The average Bonchev–Trinajstić information content (AvgIpc) is 1.96. The highest BCUT2D eigenvalue weighted by atomic mass is 32.2. The second-order valence-electron chi connectivity index (χ2n) is 1.45. The van der Waals surface area contributed by atoms with Crippen LogP contribution in [-0.4, -0.2) is 5.12 Å². The first-order valence-corrected chi connectivity index (χ1v) is 3.68. The number of carbonyl (C=O) groups excluding carboxylic acids is 1. The summed E-state index contributed by atoms with van der Waals surface area (Å²) in [5, 5.41) is 2.49. The summed E-state index contributed by atoms with van der Waals surface area (Å²) in [4.78, 5) is 10.3. The largest absolute Gasteiger partial charge is 0.287 e. The van der Waals surface area contributed by atoms with Crippen LogP contribution < -0.4 is 0 Å². The van der Waals surface area contributed by atoms with Crippen LogP contribution in [0.4, 0.5) is 0 Å². The molecule has 0 unspecified atom stereocenters. The molecule has 0 N–H and O–H groups in total. The van der Waals surface area contributed by atoms with E-state index >= 15 is 0 Å². The Morgan fingerprint density at radius 1 is 1.18 bits per heavy atom. The van der Waals surface area contributed by atoms with E-state index < -0.39 is 0 Å². The molecule has 0 aromatic carbocycles. The zero-order valence-electron chi connectivity index (χ0n) is 6.32. The lowest BCUT2D eigenvalue weighted by molar-refractivity contribution is -0.109. The molecule has 1 nitrogen and oxygen atoms in total. The summed E-state index contributed by atoms with van der Waals surface area (Å²) >= 11 is 0.939. The van der Waals surface area contributed by atoms with Gasteiger partial charge in [0, 0.05) is 18.7 Å². The van der Waals surface area contributed by atoms with E-state index in [1.165, 1.54) is 6.92 Å². The molecule has 0 atom stereocenters. The predicted octanol–water partition coefficient (Wildman–Crippen LogP) is 1.25. The van der Waals surface area contributed by atoms with Crippen LogP contribution in [0.15, 0.2) is 0 Å². The molecule has 2 heteroatoms. The zero-order valence-corrected chi connectivity index (χ0v) is 7.13. The summed E-state index contributed by atoms with van der Waals surface area (Å²) in [6, 6.07) is 0. The minimum atomic E-state index is -0.0270. The summed E-state index contributed by atoms with van der Waals surface area (Å²) in [5.41, 5.74) is 0. The Bertz CT molecular complexity index is 309. The number of rotatable bonds is 0. The van der Waals surface area contributed by atoms with E-state index in [2.05, 4.69) is 34.9 Å². The molecule has 0 aliphatic carbocycles. The topological polar surface area (TPSA) is 17.1 Å². The molecule has 0 aromatic heterocycles. The van der Waals surface area contributed by atoms with Crippen LogP contribution in [0.1, 0.15) is 13.8 Å². The van der Waals surface area contributed by atoms with Gasteiger partial charge in [-0.25, -0.2) is 0 Å². The number of hydrogen-bond donors (Lipinski definition) is 0. The molecule has 0 amide bonds. The normalized spacial score (nSPS) is 5.64. The lowest BCUT2D eigenvalue weighted by Gasteiger charge is -1.72. The van der Waals surface area contributed by atoms with Crippen LogP contribution in [-0.2, 0) is 4.79 Å². The molecule has 0 aliphatic heterocycles. The summed E-state index contributed by atoms with van der Waals surface area (Å²) in [7, 11) is 0. The standard InChI is InChI=1S/C9H6OS/c1-3-4-5-6-7-8-11-9(2)10/h1-2H3. The smallest absolute Gasteiger partial charge is 0.198 e. The van der Waals surface area contributed by atoms with E-state index in [0.29, 0.717) is 0 Å². The minimum absolute atomic E-state index is 0.0270. The first-order valence-electron chi connectivity index (χ1n) is 2.86. The first-order chi connectivity index (χ1) is 5.27. The maximum Gasteiger partial charge on any atom is 0.198 e. The van der Waals surface area contributed by atoms with Gasteiger partial charge in [-0.15, -0.1) is 0 Å². The van der Waals surface area contributed by atoms with E-state index in [1.807, 2.05) is 0 Å². The highest BCUT2D eigenvalue weighted by molar-refractivity contribution is 8.17. The highest BCUT2D eigenvalue weighted by Crippen LogP contribution is 1.94. The molecule has 0 bridgehead atoms. The van der Waals surface area contributed by atoms with Crippen molar-refractivity contribution in [3.8, 4) is 34.9 Å². The van der Waals surface area contributed by atoms with Crippen molar-refractivity contribution in [2.75, 3.05) is 0 Å². The molecule has 0 saturated heterocycles. The number of thioether (sulfide) groups is 1. The van der Waals surface area contributed by atoms with Crippen molar-refractivity contribution in [3.05, 3.63) is 0 Å². The fourth-order valence-corrected chi connectivity index (χ4v) is 0.494. The minimum Gasteiger partial charge on any atom is -0.287 e. The summed E-state index contributed by atoms with van der Waals surface area (Å²) in [6.45, 7) is 3.16. The Hall–Kier alpha value is -1.30. The van der Waals surface area contributed by atoms with Crippen LogP contribution in [0, 0.1) is 34.9 Å². The van der Waals surface area contributed by atoms with Crippen molar-refractivity contribution in [2.24, 2.45) is 0 Å². The van der Waals surface area contributed by atoms with Crippen molar-refractivity contribution >= 4 is 16.9 Å². The fourth-order valence-electron chi connectivity index (χ4n) is 0.248. The second-order valence-corrected chi connectivity index (χ2v) is 2.43. The van der Waals surface area contributed by atoms with Gasteiger partial charge in [0.25, 0.3) is 0 Å². The molecule has 0 heterocycles. The van der Waals surface area contributed by atoms with Crippen LogP contribution in [0.25, 0.3) is 0 Å². The number of carbonyl (C=O) groups is 1. The van der Waals surface area contributed by atoms with Gasteiger partial charge in [0.05, 0.1) is 0 Å². The summed E-state index contributed by atoms with van der Waals surface area (Å²) in [5.74, 6) is 12.6. The van der Waals surface area contributed by atoms with Crippen molar-refractivity contribution < 1.29 is 4.79 Å². The van der Waals surface area contributed by atoms with E-state index in [1.54, 1.807) is 6.92 Å². The van der Waals surface area contributed by atoms with Gasteiger partial charge in [-0.1, -0.05) is 5.92 Å². The molecule has 0 aromatic rings. The van der Waals surface area contributed by atoms with Crippen LogP contribution in [0.3, 0.4) is 0 Å². The van der Waals surface area contributed by atoms with Gasteiger partial charge >= 0.3 is 0 Å². The summed E-state index contributed by atoms with van der Waals surface area (Å²) in [6.07, 6.45) is 0. The van der Waals surface area contributed by atoms with Crippen molar-refractivity contribution in [1.82, 2.24) is 0 Å². The fraction of sp³-hybridized carbons (Fsp3) is 0.222. The van der Waals surface area contributed by atoms with Gasteiger partial charge < -0.3 is 0 Å². The van der Waals surface area contributed by atoms with Gasteiger partial charge in [-0.05, 0) is 35.9 Å². The summed E-state index contributed by atoms with van der Waals surface area (Å²) < 4.78 is 0. The molecule has 0 saturated carbocycles. The quantitative estimate of drug-likeness (QED) is 0.499. The van der Waals surface area contributed by atoms with Crippen LogP contribution in [0.2, 0.25) is 0 Å². The van der Waals surface area contributed by atoms with Gasteiger partial charge in [-0.2, -0.15) is 0 Å². The van der Waals surface area contributed by atoms with Crippen LogP contribution >= 0.6 is 11.8 Å². The third-order valence-corrected chi connectivity index (χ3v) is 1.05. The molecule has 0 aliphatic rings. The maximum absolute atomic E-state index is 10.3. The van der Waals surface area contributed by atoms with E-state index in [4.69, 9.17) is 0 Å². The lowest BCUT2D eigenvalue weighted by atomic mass is 10.5. The van der Waals surface area contributed by atoms with Gasteiger partial charge in [0.15, 0.2) is 5.12 Å². The molecule has 0 spiro atoms. The Morgan fingerprint density at radius 3 is 2.36 bits per heavy atom. The van der Waals surface area contributed by atoms with E-state index in [9.17, 15) is 4.79 Å². The predicted molar refractivity (Wildman–Crippen MR) is 47.3 cm³/mol. The third-order valence-electron chi connectivity index (χ3n) is 0.558. The molecule has 0 rings (SSSR count). The molecular formula is C9H6OS. The van der Waals surface area contributed by atoms with Gasteiger partial charge in [0.1, 0.15) is 0 Å². The lowest BCUT2D eigenvalue weighted by Crippen LogP contribution is -1.73. The Labute approximate surface area is 70.9 Å². The Kier molecular flexibility index (Phi) is 6.01. The van der Waals surface area contributed by atoms with Gasteiger partial charge in [0.2, 0.25) is 0 Å².